The van der Waals surface area contributed by atoms with Crippen LogP contribution in [0.1, 0.15) is 26.3 Å². The third kappa shape index (κ3) is 4.78. The van der Waals surface area contributed by atoms with Crippen LogP contribution in [-0.2, 0) is 4.43 Å². The molecule has 0 aliphatic heterocycles. The molecule has 6 heteroatoms. The largest absolute Gasteiger partial charge is 0.475 e. The Morgan fingerprint density at radius 2 is 1.50 bits per heavy atom. The molecule has 0 aliphatic carbocycles. The molecular formula is C24H28N2O2SSi. The molecule has 0 unspecified atom stereocenters. The van der Waals surface area contributed by atoms with Gasteiger partial charge in [0, 0.05) is 17.8 Å². The number of benzene rings is 2. The molecule has 0 fully saturated rings. The maximum atomic E-state index is 6.80. The van der Waals surface area contributed by atoms with E-state index in [9.17, 15) is 0 Å². The Hall–Kier alpha value is -2.54. The minimum atomic E-state index is -2.56. The number of nitrogens with zero attached hydrogens (tertiary/aromatic N) is 1. The van der Waals surface area contributed by atoms with Crippen LogP contribution in [-0.4, -0.2) is 31.5 Å². The summed E-state index contributed by atoms with van der Waals surface area (Å²) in [5.74, 6) is 0.492. The van der Waals surface area contributed by atoms with E-state index in [1.54, 1.807) is 18.3 Å². The van der Waals surface area contributed by atoms with Crippen LogP contribution >= 0.6 is 12.2 Å². The van der Waals surface area contributed by atoms with Crippen LogP contribution in [0.4, 0.5) is 0 Å². The minimum absolute atomic E-state index is 0.0698. The van der Waals surface area contributed by atoms with Crippen molar-refractivity contribution in [1.82, 2.24) is 4.98 Å². The molecule has 2 aromatic carbocycles. The van der Waals surface area contributed by atoms with Crippen molar-refractivity contribution in [3.8, 4) is 5.88 Å². The fraction of sp³-hybridized carbons (Fsp3) is 0.250. The normalized spacial score (nSPS) is 11.8. The number of nitrogens with two attached hydrogens (primary N) is 1. The van der Waals surface area contributed by atoms with E-state index in [-0.39, 0.29) is 5.04 Å². The minimum Gasteiger partial charge on any atom is -0.475 e. The van der Waals surface area contributed by atoms with Gasteiger partial charge in [0.1, 0.15) is 11.6 Å². The summed E-state index contributed by atoms with van der Waals surface area (Å²) in [6.45, 7) is 7.61. The maximum absolute atomic E-state index is 6.80. The number of thiocarbonyl (C=S) groups is 1. The van der Waals surface area contributed by atoms with E-state index < -0.39 is 8.32 Å². The van der Waals surface area contributed by atoms with Crippen molar-refractivity contribution < 1.29 is 9.16 Å². The first-order valence-electron chi connectivity index (χ1n) is 9.98. The number of rotatable bonds is 8. The first-order valence-corrected chi connectivity index (χ1v) is 12.3. The highest BCUT2D eigenvalue weighted by atomic mass is 32.1. The zero-order chi connectivity index (χ0) is 21.6. The summed E-state index contributed by atoms with van der Waals surface area (Å²) in [6, 6.07) is 24.6. The Morgan fingerprint density at radius 1 is 0.933 bits per heavy atom. The molecule has 0 atom stereocenters. The van der Waals surface area contributed by atoms with Gasteiger partial charge in [0.15, 0.2) is 0 Å². The second-order valence-corrected chi connectivity index (χ2v) is 12.9. The van der Waals surface area contributed by atoms with Crippen LogP contribution in [0.15, 0.2) is 79.0 Å². The molecule has 0 amide bonds. The fourth-order valence-electron chi connectivity index (χ4n) is 3.74. The molecule has 156 valence electrons. The van der Waals surface area contributed by atoms with E-state index in [4.69, 9.17) is 27.1 Å². The van der Waals surface area contributed by atoms with Gasteiger partial charge in [0.25, 0.3) is 8.32 Å². The van der Waals surface area contributed by atoms with Gasteiger partial charge in [-0.25, -0.2) is 4.98 Å². The number of hydrogen-bond acceptors (Lipinski definition) is 4. The zero-order valence-corrected chi connectivity index (χ0v) is 19.5. The number of hydrogen-bond donors (Lipinski definition) is 1. The summed E-state index contributed by atoms with van der Waals surface area (Å²) >= 11 is 5.03. The smallest absolute Gasteiger partial charge is 0.261 e. The SMILES string of the molecule is CC(C)(C)[Si](OCCOc1cc(C(N)=S)ccn1)(c1ccccc1)c1ccccc1. The highest BCUT2D eigenvalue weighted by molar-refractivity contribution is 7.80. The molecule has 0 saturated heterocycles. The van der Waals surface area contributed by atoms with Gasteiger partial charge in [-0.2, -0.15) is 0 Å². The standard InChI is InChI=1S/C24H28N2O2SSi/c1-24(2,3)30(20-10-6-4-7-11-20,21-12-8-5-9-13-21)28-17-16-27-22-18-19(23(25)29)14-15-26-22/h4-15,18H,16-17H2,1-3H3,(H2,25,29). The Bertz CT molecular complexity index is 936. The van der Waals surface area contributed by atoms with Gasteiger partial charge in [-0.1, -0.05) is 93.7 Å². The zero-order valence-electron chi connectivity index (χ0n) is 17.7. The van der Waals surface area contributed by atoms with E-state index in [1.165, 1.54) is 10.4 Å². The fourth-order valence-corrected chi connectivity index (χ4v) is 8.42. The van der Waals surface area contributed by atoms with Crippen LogP contribution < -0.4 is 20.8 Å². The quantitative estimate of drug-likeness (QED) is 0.332. The van der Waals surface area contributed by atoms with Crippen molar-refractivity contribution in [1.29, 1.82) is 0 Å². The van der Waals surface area contributed by atoms with Crippen LogP contribution in [0.25, 0.3) is 0 Å². The summed E-state index contributed by atoms with van der Waals surface area (Å²) in [6.07, 6.45) is 1.65. The predicted octanol–water partition coefficient (Wildman–Crippen LogP) is 3.67. The second kappa shape index (κ2) is 9.51. The lowest BCUT2D eigenvalue weighted by Crippen LogP contribution is -2.66. The second-order valence-electron chi connectivity index (χ2n) is 8.11. The predicted molar refractivity (Wildman–Crippen MR) is 129 cm³/mol. The van der Waals surface area contributed by atoms with Crippen molar-refractivity contribution in [3.05, 3.63) is 84.6 Å². The van der Waals surface area contributed by atoms with Gasteiger partial charge in [-0.15, -0.1) is 0 Å². The Morgan fingerprint density at radius 3 is 2.00 bits per heavy atom. The average Bonchev–Trinajstić information content (AvgIpc) is 2.74. The molecule has 4 nitrogen and oxygen atoms in total. The summed E-state index contributed by atoms with van der Waals surface area (Å²) in [5.41, 5.74) is 6.44. The van der Waals surface area contributed by atoms with E-state index in [1.807, 2.05) is 12.1 Å². The van der Waals surface area contributed by atoms with E-state index >= 15 is 0 Å². The van der Waals surface area contributed by atoms with Crippen LogP contribution in [0.5, 0.6) is 5.88 Å². The summed E-state index contributed by atoms with van der Waals surface area (Å²) in [5, 5.41) is 2.43. The van der Waals surface area contributed by atoms with Gasteiger partial charge in [0.05, 0.1) is 6.61 Å². The van der Waals surface area contributed by atoms with Crippen molar-refractivity contribution >= 4 is 35.9 Å². The van der Waals surface area contributed by atoms with Gasteiger partial charge >= 0.3 is 0 Å². The molecule has 30 heavy (non-hydrogen) atoms. The molecule has 0 spiro atoms. The molecule has 1 aromatic heterocycles. The lowest BCUT2D eigenvalue weighted by atomic mass is 10.2. The summed E-state index contributed by atoms with van der Waals surface area (Å²) in [4.78, 5) is 4.56. The molecule has 0 radical (unpaired) electrons. The van der Waals surface area contributed by atoms with Crippen molar-refractivity contribution in [2.45, 2.75) is 25.8 Å². The topological polar surface area (TPSA) is 57.4 Å². The Labute approximate surface area is 185 Å². The van der Waals surface area contributed by atoms with Crippen LogP contribution in [0, 0.1) is 0 Å². The van der Waals surface area contributed by atoms with Gasteiger partial charge < -0.3 is 14.9 Å². The Balaban J connectivity index is 1.85. The molecule has 3 rings (SSSR count). The van der Waals surface area contributed by atoms with E-state index in [0.717, 1.165) is 5.56 Å². The third-order valence-corrected chi connectivity index (χ3v) is 10.4. The average molecular weight is 437 g/mol. The van der Waals surface area contributed by atoms with E-state index in [0.29, 0.717) is 24.1 Å². The number of aromatic nitrogens is 1. The summed E-state index contributed by atoms with van der Waals surface area (Å²) < 4.78 is 12.6. The van der Waals surface area contributed by atoms with Crippen molar-refractivity contribution in [2.24, 2.45) is 5.73 Å². The number of ether oxygens (including phenoxy) is 1. The Kier molecular flexibility index (Phi) is 7.02. The number of pyridine rings is 1. The molecular weight excluding hydrogens is 408 g/mol. The molecule has 0 aliphatic rings. The first kappa shape index (κ1) is 22.1. The lowest BCUT2D eigenvalue weighted by molar-refractivity contribution is 0.203. The lowest BCUT2D eigenvalue weighted by Gasteiger charge is -2.43. The first-order chi connectivity index (χ1) is 14.3. The van der Waals surface area contributed by atoms with Gasteiger partial charge in [-0.3, -0.25) is 0 Å². The monoisotopic (exact) mass is 436 g/mol. The maximum Gasteiger partial charge on any atom is 0.261 e. The molecule has 0 bridgehead atoms. The van der Waals surface area contributed by atoms with Crippen LogP contribution in [0.3, 0.4) is 0 Å². The highest BCUT2D eigenvalue weighted by Gasteiger charge is 2.50. The van der Waals surface area contributed by atoms with Crippen molar-refractivity contribution in [3.63, 3.8) is 0 Å². The molecule has 1 heterocycles. The van der Waals surface area contributed by atoms with Crippen molar-refractivity contribution in [2.75, 3.05) is 13.2 Å². The molecule has 0 saturated carbocycles. The molecule has 3 aromatic rings. The van der Waals surface area contributed by atoms with E-state index in [2.05, 4.69) is 74.3 Å². The van der Waals surface area contributed by atoms with Gasteiger partial charge in [-0.05, 0) is 21.5 Å². The summed E-state index contributed by atoms with van der Waals surface area (Å²) in [7, 11) is -2.56. The highest BCUT2D eigenvalue weighted by Crippen LogP contribution is 2.36. The molecule has 2 N–H and O–H groups in total. The third-order valence-electron chi connectivity index (χ3n) is 5.09. The van der Waals surface area contributed by atoms with Crippen LogP contribution in [0.2, 0.25) is 5.04 Å². The van der Waals surface area contributed by atoms with Gasteiger partial charge in [0.2, 0.25) is 5.88 Å².